The van der Waals surface area contributed by atoms with E-state index >= 15 is 0 Å². The molecule has 0 saturated carbocycles. The smallest absolute Gasteiger partial charge is 0.235 e. The van der Waals surface area contributed by atoms with Gasteiger partial charge in [-0.15, -0.1) is 0 Å². The van der Waals surface area contributed by atoms with E-state index in [9.17, 15) is 0 Å². The van der Waals surface area contributed by atoms with Crippen LogP contribution >= 0.6 is 0 Å². The van der Waals surface area contributed by atoms with Crippen molar-refractivity contribution in [1.82, 2.24) is 14.5 Å². The number of aromatic nitrogens is 3. The molecule has 0 radical (unpaired) electrons. The van der Waals surface area contributed by atoms with Crippen LogP contribution in [0.25, 0.3) is 83.0 Å². The van der Waals surface area contributed by atoms with Crippen molar-refractivity contribution in [2.45, 2.75) is 19.3 Å². The maximum atomic E-state index is 6.85. The lowest BCUT2D eigenvalue weighted by molar-refractivity contribution is 0.658. The Labute approximate surface area is 259 Å². The van der Waals surface area contributed by atoms with Gasteiger partial charge in [0.25, 0.3) is 0 Å². The fourth-order valence-electron chi connectivity index (χ4n) is 7.88. The van der Waals surface area contributed by atoms with Crippen LogP contribution < -0.4 is 0 Å². The highest BCUT2D eigenvalue weighted by Gasteiger charge is 2.41. The summed E-state index contributed by atoms with van der Waals surface area (Å²) in [5.74, 6) is 0.651. The minimum atomic E-state index is -0.244. The fourth-order valence-corrected chi connectivity index (χ4v) is 7.88. The van der Waals surface area contributed by atoms with Gasteiger partial charge in [-0.3, -0.25) is 4.57 Å². The van der Waals surface area contributed by atoms with Crippen LogP contribution in [0.5, 0.6) is 0 Å². The summed E-state index contributed by atoms with van der Waals surface area (Å²) in [5, 5.41) is 5.65. The number of rotatable bonds is 2. The Balaban J connectivity index is 1.47. The third-order valence-corrected chi connectivity index (χ3v) is 9.77. The van der Waals surface area contributed by atoms with Crippen LogP contribution in [0.15, 0.2) is 132 Å². The second-order valence-electron chi connectivity index (χ2n) is 12.6. The maximum Gasteiger partial charge on any atom is 0.235 e. The van der Waals surface area contributed by atoms with E-state index in [4.69, 9.17) is 14.4 Å². The predicted molar refractivity (Wildman–Crippen MR) is 184 cm³/mol. The van der Waals surface area contributed by atoms with Gasteiger partial charge in [-0.1, -0.05) is 123 Å². The summed E-state index contributed by atoms with van der Waals surface area (Å²) in [6.07, 6.45) is 0. The third-order valence-electron chi connectivity index (χ3n) is 9.77. The van der Waals surface area contributed by atoms with Gasteiger partial charge in [0.2, 0.25) is 5.95 Å². The second kappa shape index (κ2) is 8.67. The van der Waals surface area contributed by atoms with E-state index in [1.807, 2.05) is 18.2 Å². The maximum absolute atomic E-state index is 6.85. The van der Waals surface area contributed by atoms with E-state index in [1.54, 1.807) is 0 Å². The van der Waals surface area contributed by atoms with Gasteiger partial charge < -0.3 is 4.42 Å². The molecule has 1 aliphatic rings. The van der Waals surface area contributed by atoms with Crippen molar-refractivity contribution in [2.75, 3.05) is 0 Å². The Morgan fingerprint density at radius 2 is 1.31 bits per heavy atom. The molecule has 0 saturated heterocycles. The number of para-hydroxylation sites is 3. The lowest BCUT2D eigenvalue weighted by Gasteiger charge is -2.23. The van der Waals surface area contributed by atoms with Crippen LogP contribution in [0.4, 0.5) is 0 Å². The van der Waals surface area contributed by atoms with E-state index in [-0.39, 0.29) is 5.41 Å². The molecule has 3 aromatic heterocycles. The predicted octanol–water partition coefficient (Wildman–Crippen LogP) is 10.6. The zero-order valence-electron chi connectivity index (χ0n) is 24.9. The normalized spacial score (nSPS) is 13.7. The average Bonchev–Trinajstić information content (AvgIpc) is 3.71. The molecule has 10 rings (SSSR count). The highest BCUT2D eigenvalue weighted by atomic mass is 16.3. The van der Waals surface area contributed by atoms with Crippen molar-refractivity contribution in [3.8, 4) is 28.3 Å². The standard InChI is InChI=1S/C41H27N3O/c1-41(2)29-20-10-6-16-25(29)34-36(41)33-27-18-8-12-22-31(27)44(38(33)35-28-19-9-13-23-32(28)45-39(34)35)40-42-30-21-11-7-17-26(30)37(43-40)24-14-4-3-5-15-24/h3-23H,1-2H3. The van der Waals surface area contributed by atoms with Gasteiger partial charge in [0.15, 0.2) is 0 Å². The minimum absolute atomic E-state index is 0.244. The zero-order chi connectivity index (χ0) is 29.9. The van der Waals surface area contributed by atoms with Crippen LogP contribution in [-0.4, -0.2) is 14.5 Å². The molecule has 0 aliphatic heterocycles. The van der Waals surface area contributed by atoms with Gasteiger partial charge in [-0.05, 0) is 34.9 Å². The van der Waals surface area contributed by atoms with Crippen LogP contribution in [0, 0.1) is 0 Å². The van der Waals surface area contributed by atoms with E-state index in [0.717, 1.165) is 55.1 Å². The molecule has 0 unspecified atom stereocenters. The fraction of sp³-hybridized carbons (Fsp3) is 0.0732. The molecule has 0 amide bonds. The first-order valence-electron chi connectivity index (χ1n) is 15.4. The molecule has 4 heteroatoms. The summed E-state index contributed by atoms with van der Waals surface area (Å²) in [7, 11) is 0. The largest absolute Gasteiger partial charge is 0.455 e. The Morgan fingerprint density at radius 1 is 0.622 bits per heavy atom. The molecular weight excluding hydrogens is 550 g/mol. The quantitative estimate of drug-likeness (QED) is 0.205. The first-order valence-corrected chi connectivity index (χ1v) is 15.4. The van der Waals surface area contributed by atoms with Crippen molar-refractivity contribution in [2.24, 2.45) is 0 Å². The van der Waals surface area contributed by atoms with E-state index in [0.29, 0.717) is 5.95 Å². The molecule has 0 atom stereocenters. The lowest BCUT2D eigenvalue weighted by atomic mass is 9.80. The van der Waals surface area contributed by atoms with Crippen LogP contribution in [0.3, 0.4) is 0 Å². The number of furan rings is 1. The molecule has 0 fully saturated rings. The Kier molecular flexibility index (Phi) is 4.76. The van der Waals surface area contributed by atoms with Crippen molar-refractivity contribution >= 4 is 54.6 Å². The summed E-state index contributed by atoms with van der Waals surface area (Å²) in [4.78, 5) is 10.6. The number of hydrogen-bond acceptors (Lipinski definition) is 3. The lowest BCUT2D eigenvalue weighted by Crippen LogP contribution is -2.15. The van der Waals surface area contributed by atoms with Crippen molar-refractivity contribution in [3.63, 3.8) is 0 Å². The van der Waals surface area contributed by atoms with E-state index in [2.05, 4.69) is 128 Å². The zero-order valence-corrected chi connectivity index (χ0v) is 24.9. The van der Waals surface area contributed by atoms with Gasteiger partial charge in [0.05, 0.1) is 27.6 Å². The first-order chi connectivity index (χ1) is 22.1. The van der Waals surface area contributed by atoms with Gasteiger partial charge >= 0.3 is 0 Å². The SMILES string of the molecule is CC1(C)c2ccccc2-c2c1c1c3ccccc3n(-c3nc(-c4ccccc4)c4ccccc4n3)c1c1c2oc2ccccc21. The van der Waals surface area contributed by atoms with E-state index in [1.165, 1.54) is 33.0 Å². The molecule has 0 bridgehead atoms. The van der Waals surface area contributed by atoms with Gasteiger partial charge in [-0.2, -0.15) is 0 Å². The van der Waals surface area contributed by atoms with Crippen molar-refractivity contribution in [1.29, 1.82) is 0 Å². The summed E-state index contributed by atoms with van der Waals surface area (Å²) >= 11 is 0. The summed E-state index contributed by atoms with van der Waals surface area (Å²) in [6.45, 7) is 4.69. The summed E-state index contributed by atoms with van der Waals surface area (Å²) in [5.41, 5.74) is 11.7. The number of benzene rings is 6. The Morgan fingerprint density at radius 3 is 2.18 bits per heavy atom. The average molecular weight is 578 g/mol. The highest BCUT2D eigenvalue weighted by Crippen LogP contribution is 2.57. The van der Waals surface area contributed by atoms with Crippen LogP contribution in [0.2, 0.25) is 0 Å². The second-order valence-corrected chi connectivity index (χ2v) is 12.6. The number of fused-ring (bicyclic) bond motifs is 13. The molecular formula is C41H27N3O. The van der Waals surface area contributed by atoms with E-state index < -0.39 is 0 Å². The Hall–Kier alpha value is -5.74. The van der Waals surface area contributed by atoms with Crippen molar-refractivity contribution in [3.05, 3.63) is 139 Å². The monoisotopic (exact) mass is 577 g/mol. The molecule has 4 nitrogen and oxygen atoms in total. The number of nitrogens with zero attached hydrogens (tertiary/aromatic N) is 3. The van der Waals surface area contributed by atoms with Crippen LogP contribution in [0.1, 0.15) is 25.0 Å². The molecule has 9 aromatic rings. The summed E-state index contributed by atoms with van der Waals surface area (Å²) in [6, 6.07) is 44.6. The molecule has 1 aliphatic carbocycles. The topological polar surface area (TPSA) is 43.9 Å². The molecule has 3 heterocycles. The first kappa shape index (κ1) is 24.7. The van der Waals surface area contributed by atoms with Gasteiger partial charge in [0, 0.05) is 38.1 Å². The summed E-state index contributed by atoms with van der Waals surface area (Å²) < 4.78 is 9.13. The Bertz CT molecular complexity index is 2680. The van der Waals surface area contributed by atoms with Gasteiger partial charge in [0.1, 0.15) is 11.2 Å². The molecule has 212 valence electrons. The van der Waals surface area contributed by atoms with Gasteiger partial charge in [-0.25, -0.2) is 9.97 Å². The molecule has 0 spiro atoms. The molecule has 0 N–H and O–H groups in total. The molecule has 45 heavy (non-hydrogen) atoms. The minimum Gasteiger partial charge on any atom is -0.455 e. The number of hydrogen-bond donors (Lipinski definition) is 0. The third kappa shape index (κ3) is 3.16. The molecule has 6 aromatic carbocycles. The highest BCUT2D eigenvalue weighted by molar-refractivity contribution is 6.30. The van der Waals surface area contributed by atoms with Crippen LogP contribution in [-0.2, 0) is 5.41 Å². The van der Waals surface area contributed by atoms with Crippen molar-refractivity contribution < 1.29 is 4.42 Å².